The van der Waals surface area contributed by atoms with E-state index in [-0.39, 0.29) is 12.1 Å². The van der Waals surface area contributed by atoms with E-state index < -0.39 is 16.4 Å². The lowest BCUT2D eigenvalue weighted by Gasteiger charge is -2.27. The van der Waals surface area contributed by atoms with Crippen LogP contribution in [0.5, 0.6) is 0 Å². The topological polar surface area (TPSA) is 92.5 Å². The maximum absolute atomic E-state index is 11.0. The first kappa shape index (κ1) is 14.9. The molecule has 104 valence electrons. The van der Waals surface area contributed by atoms with Crippen LogP contribution >= 0.6 is 0 Å². The molecule has 2 N–H and O–H groups in total. The minimum absolute atomic E-state index is 0.00315. The van der Waals surface area contributed by atoms with Gasteiger partial charge in [0.25, 0.3) is 5.69 Å². The minimum atomic E-state index is -0.880. The lowest BCUT2D eigenvalue weighted by molar-refractivity contribution is -0.384. The highest BCUT2D eigenvalue weighted by atomic mass is 16.6. The van der Waals surface area contributed by atoms with Crippen LogP contribution in [0.3, 0.4) is 0 Å². The van der Waals surface area contributed by atoms with Crippen molar-refractivity contribution >= 4 is 17.3 Å². The Morgan fingerprint density at radius 1 is 1.47 bits per heavy atom. The van der Waals surface area contributed by atoms with E-state index in [1.807, 2.05) is 13.8 Å². The number of nitro benzene ring substituents is 1. The number of hydrogen-bond acceptors (Lipinski definition) is 4. The van der Waals surface area contributed by atoms with Gasteiger partial charge < -0.3 is 10.4 Å². The van der Waals surface area contributed by atoms with Crippen molar-refractivity contribution in [2.24, 2.45) is 0 Å². The second-order valence-corrected chi connectivity index (χ2v) is 5.13. The predicted octanol–water partition coefficient (Wildman–Crippen LogP) is 2.96. The molecule has 0 radical (unpaired) electrons. The molecule has 0 unspecified atom stereocenters. The molecule has 0 aliphatic heterocycles. The Morgan fingerprint density at radius 2 is 2.11 bits per heavy atom. The van der Waals surface area contributed by atoms with E-state index in [1.54, 1.807) is 19.1 Å². The summed E-state index contributed by atoms with van der Waals surface area (Å²) in [6.45, 7) is 5.43. The summed E-state index contributed by atoms with van der Waals surface area (Å²) in [6, 6.07) is 4.84. The maximum atomic E-state index is 11.0. The molecule has 1 aromatic carbocycles. The average Bonchev–Trinajstić information content (AvgIpc) is 2.29. The van der Waals surface area contributed by atoms with Gasteiger partial charge in [-0.3, -0.25) is 14.9 Å². The number of carboxylic acids is 1. The summed E-state index contributed by atoms with van der Waals surface area (Å²) in [7, 11) is 0. The molecule has 0 spiro atoms. The molecule has 19 heavy (non-hydrogen) atoms. The number of nitrogens with one attached hydrogen (secondary N) is 1. The monoisotopic (exact) mass is 266 g/mol. The van der Waals surface area contributed by atoms with E-state index >= 15 is 0 Å². The Morgan fingerprint density at radius 3 is 2.63 bits per heavy atom. The first-order chi connectivity index (χ1) is 8.73. The standard InChI is InChI=1S/C13H18N2O4/c1-9-5-4-6-10(15(18)19)12(9)14-13(2,3)8-7-11(16)17/h4-6,14H,7-8H2,1-3H3,(H,16,17). The van der Waals surface area contributed by atoms with Gasteiger partial charge in [0.1, 0.15) is 5.69 Å². The largest absolute Gasteiger partial charge is 0.481 e. The third-order valence-electron chi connectivity index (χ3n) is 2.87. The molecule has 1 rings (SSSR count). The van der Waals surface area contributed by atoms with Crippen molar-refractivity contribution < 1.29 is 14.8 Å². The lowest BCUT2D eigenvalue weighted by Crippen LogP contribution is -2.32. The third-order valence-corrected chi connectivity index (χ3v) is 2.87. The normalized spacial score (nSPS) is 11.1. The van der Waals surface area contributed by atoms with Crippen LogP contribution in [0.2, 0.25) is 0 Å². The molecule has 0 saturated carbocycles. The molecule has 0 aromatic heterocycles. The summed E-state index contributed by atoms with van der Waals surface area (Å²) in [4.78, 5) is 21.2. The molecule has 0 amide bonds. The molecule has 0 aliphatic carbocycles. The van der Waals surface area contributed by atoms with Crippen LogP contribution < -0.4 is 5.32 Å². The molecule has 0 atom stereocenters. The van der Waals surface area contributed by atoms with Gasteiger partial charge in [-0.25, -0.2) is 0 Å². The Kier molecular flexibility index (Phi) is 4.47. The quantitative estimate of drug-likeness (QED) is 0.610. The number of carboxylic acid groups (broad SMARTS) is 1. The van der Waals surface area contributed by atoms with Crippen LogP contribution in [0.4, 0.5) is 11.4 Å². The number of aliphatic carboxylic acids is 1. The smallest absolute Gasteiger partial charge is 0.303 e. The number of carbonyl (C=O) groups is 1. The number of para-hydroxylation sites is 1. The van der Waals surface area contributed by atoms with E-state index in [9.17, 15) is 14.9 Å². The Hall–Kier alpha value is -2.11. The number of rotatable bonds is 6. The van der Waals surface area contributed by atoms with Gasteiger partial charge in [-0.1, -0.05) is 12.1 Å². The van der Waals surface area contributed by atoms with Gasteiger partial charge >= 0.3 is 5.97 Å². The fourth-order valence-corrected chi connectivity index (χ4v) is 1.79. The summed E-state index contributed by atoms with van der Waals surface area (Å²) < 4.78 is 0. The molecule has 1 aromatic rings. The summed E-state index contributed by atoms with van der Waals surface area (Å²) >= 11 is 0. The van der Waals surface area contributed by atoms with Crippen molar-refractivity contribution in [3.63, 3.8) is 0 Å². The van der Waals surface area contributed by atoms with Crippen molar-refractivity contribution in [2.45, 2.75) is 39.2 Å². The van der Waals surface area contributed by atoms with E-state index in [0.29, 0.717) is 12.1 Å². The lowest BCUT2D eigenvalue weighted by atomic mass is 9.97. The van der Waals surface area contributed by atoms with Crippen LogP contribution in [0, 0.1) is 17.0 Å². The van der Waals surface area contributed by atoms with Crippen LogP contribution in [-0.4, -0.2) is 21.5 Å². The van der Waals surface area contributed by atoms with Crippen molar-refractivity contribution in [2.75, 3.05) is 5.32 Å². The van der Waals surface area contributed by atoms with Crippen molar-refractivity contribution in [1.29, 1.82) is 0 Å². The van der Waals surface area contributed by atoms with Gasteiger partial charge in [0.2, 0.25) is 0 Å². The fraction of sp³-hybridized carbons (Fsp3) is 0.462. The summed E-state index contributed by atoms with van der Waals surface area (Å²) in [6.07, 6.45) is 0.396. The van der Waals surface area contributed by atoms with E-state index in [2.05, 4.69) is 5.32 Å². The molecule has 0 bridgehead atoms. The predicted molar refractivity (Wildman–Crippen MR) is 72.4 cm³/mol. The number of benzene rings is 1. The molecule has 0 fully saturated rings. The van der Waals surface area contributed by atoms with Crippen LogP contribution in [0.15, 0.2) is 18.2 Å². The van der Waals surface area contributed by atoms with Crippen LogP contribution in [0.1, 0.15) is 32.3 Å². The average molecular weight is 266 g/mol. The molecule has 0 aliphatic rings. The minimum Gasteiger partial charge on any atom is -0.481 e. The maximum Gasteiger partial charge on any atom is 0.303 e. The molecular formula is C13H18N2O4. The number of nitrogens with zero attached hydrogens (tertiary/aromatic N) is 1. The molecule has 0 saturated heterocycles. The Bertz CT molecular complexity index is 497. The first-order valence-electron chi connectivity index (χ1n) is 5.97. The number of nitro groups is 1. The van der Waals surface area contributed by atoms with Gasteiger partial charge in [0.15, 0.2) is 0 Å². The van der Waals surface area contributed by atoms with Gasteiger partial charge in [0.05, 0.1) is 4.92 Å². The summed E-state index contributed by atoms with van der Waals surface area (Å²) in [5, 5.41) is 22.8. The first-order valence-corrected chi connectivity index (χ1v) is 5.97. The van der Waals surface area contributed by atoms with Gasteiger partial charge in [-0.2, -0.15) is 0 Å². The second-order valence-electron chi connectivity index (χ2n) is 5.13. The highest BCUT2D eigenvalue weighted by Gasteiger charge is 2.24. The summed E-state index contributed by atoms with van der Waals surface area (Å²) in [5.41, 5.74) is 0.679. The highest BCUT2D eigenvalue weighted by Crippen LogP contribution is 2.31. The van der Waals surface area contributed by atoms with Gasteiger partial charge in [-0.05, 0) is 32.8 Å². The van der Waals surface area contributed by atoms with Crippen molar-refractivity contribution in [3.8, 4) is 0 Å². The van der Waals surface area contributed by atoms with E-state index in [0.717, 1.165) is 5.56 Å². The van der Waals surface area contributed by atoms with Crippen molar-refractivity contribution in [1.82, 2.24) is 0 Å². The van der Waals surface area contributed by atoms with Crippen LogP contribution in [0.25, 0.3) is 0 Å². The zero-order valence-electron chi connectivity index (χ0n) is 11.3. The number of hydrogen-bond donors (Lipinski definition) is 2. The summed E-state index contributed by atoms with van der Waals surface area (Å²) in [5.74, 6) is -0.880. The van der Waals surface area contributed by atoms with Gasteiger partial charge in [-0.15, -0.1) is 0 Å². The fourth-order valence-electron chi connectivity index (χ4n) is 1.79. The number of aryl methyl sites for hydroxylation is 1. The molecular weight excluding hydrogens is 248 g/mol. The van der Waals surface area contributed by atoms with E-state index in [1.165, 1.54) is 6.07 Å². The zero-order chi connectivity index (χ0) is 14.6. The molecule has 6 nitrogen and oxygen atoms in total. The van der Waals surface area contributed by atoms with E-state index in [4.69, 9.17) is 5.11 Å². The Labute approximate surface area is 111 Å². The second kappa shape index (κ2) is 5.69. The SMILES string of the molecule is Cc1cccc([N+](=O)[O-])c1NC(C)(C)CCC(=O)O. The Balaban J connectivity index is 2.98. The zero-order valence-corrected chi connectivity index (χ0v) is 11.3. The highest BCUT2D eigenvalue weighted by molar-refractivity contribution is 5.68. The van der Waals surface area contributed by atoms with Crippen LogP contribution in [-0.2, 0) is 4.79 Å². The van der Waals surface area contributed by atoms with Gasteiger partial charge in [0, 0.05) is 18.0 Å². The van der Waals surface area contributed by atoms with Crippen molar-refractivity contribution in [3.05, 3.63) is 33.9 Å². The molecule has 6 heteroatoms. The third kappa shape index (κ3) is 4.24. The number of anilines is 1. The molecule has 0 heterocycles.